The molecule has 0 unspecified atom stereocenters. The van der Waals surface area contributed by atoms with Crippen LogP contribution in [0.3, 0.4) is 0 Å². The minimum absolute atomic E-state index is 0.0229. The van der Waals surface area contributed by atoms with Crippen LogP contribution in [0.5, 0.6) is 0 Å². The van der Waals surface area contributed by atoms with Gasteiger partial charge >= 0.3 is 0 Å². The Kier molecular flexibility index (Phi) is 4.69. The van der Waals surface area contributed by atoms with Crippen LogP contribution in [0.4, 0.5) is 11.6 Å². The third-order valence-corrected chi connectivity index (χ3v) is 4.44. The summed E-state index contributed by atoms with van der Waals surface area (Å²) in [6, 6.07) is 5.36. The number of carbonyl (C=O) groups is 1. The fourth-order valence-corrected chi connectivity index (χ4v) is 3.29. The number of likely N-dealkylation sites (tertiary alicyclic amines) is 1. The van der Waals surface area contributed by atoms with Gasteiger partial charge in [0.15, 0.2) is 0 Å². The number of aryl methyl sites for hydroxylation is 1. The molecule has 0 bridgehead atoms. The highest BCUT2D eigenvalue weighted by Crippen LogP contribution is 2.33. The topological polar surface area (TPSA) is 96.8 Å². The molecule has 3 aromatic rings. The predicted octanol–water partition coefficient (Wildman–Crippen LogP) is 2.69. The van der Waals surface area contributed by atoms with Gasteiger partial charge in [0.25, 0.3) is 5.91 Å². The van der Waals surface area contributed by atoms with Gasteiger partial charge in [-0.1, -0.05) is 0 Å². The predicted molar refractivity (Wildman–Crippen MR) is 99.3 cm³/mol. The van der Waals surface area contributed by atoms with Crippen molar-refractivity contribution in [1.29, 1.82) is 0 Å². The summed E-state index contributed by atoms with van der Waals surface area (Å²) in [6.45, 7) is 2.54. The highest BCUT2D eigenvalue weighted by Gasteiger charge is 2.32. The second-order valence-electron chi connectivity index (χ2n) is 6.34. The maximum absolute atomic E-state index is 12.9. The van der Waals surface area contributed by atoms with E-state index in [0.717, 1.165) is 18.5 Å². The molecule has 4 heterocycles. The number of hydrogen-bond acceptors (Lipinski definition) is 7. The number of pyridine rings is 1. The van der Waals surface area contributed by atoms with Crippen LogP contribution >= 0.6 is 0 Å². The van der Waals surface area contributed by atoms with Crippen molar-refractivity contribution in [3.05, 3.63) is 66.3 Å². The van der Waals surface area contributed by atoms with Gasteiger partial charge in [-0.25, -0.2) is 15.0 Å². The number of rotatable bonds is 4. The van der Waals surface area contributed by atoms with E-state index < -0.39 is 0 Å². The second kappa shape index (κ2) is 7.45. The molecule has 0 spiro atoms. The third kappa shape index (κ3) is 3.74. The van der Waals surface area contributed by atoms with Crippen LogP contribution in [0.2, 0.25) is 0 Å². The summed E-state index contributed by atoms with van der Waals surface area (Å²) < 4.78 is 0. The third-order valence-electron chi connectivity index (χ3n) is 4.44. The van der Waals surface area contributed by atoms with Crippen molar-refractivity contribution in [3.8, 4) is 0 Å². The lowest BCUT2D eigenvalue weighted by atomic mass is 10.1. The fraction of sp³-hybridized carbons (Fsp3) is 0.263. The molecule has 1 aliphatic heterocycles. The first-order chi connectivity index (χ1) is 13.2. The van der Waals surface area contributed by atoms with E-state index in [-0.39, 0.29) is 11.9 Å². The van der Waals surface area contributed by atoms with E-state index in [1.165, 1.54) is 0 Å². The van der Waals surface area contributed by atoms with Crippen LogP contribution in [-0.4, -0.2) is 42.3 Å². The normalized spacial score (nSPS) is 16.3. The van der Waals surface area contributed by atoms with Gasteiger partial charge in [-0.05, 0) is 31.9 Å². The molecule has 1 fully saturated rings. The Bertz CT molecular complexity index is 933. The van der Waals surface area contributed by atoms with E-state index in [1.54, 1.807) is 43.1 Å². The number of hydrogen-bond donors (Lipinski definition) is 1. The lowest BCUT2D eigenvalue weighted by Crippen LogP contribution is -2.31. The Balaban J connectivity index is 1.61. The molecule has 8 heteroatoms. The summed E-state index contributed by atoms with van der Waals surface area (Å²) in [7, 11) is 0. The lowest BCUT2D eigenvalue weighted by Gasteiger charge is -2.24. The summed E-state index contributed by atoms with van der Waals surface area (Å²) in [5.74, 6) is 1.86. The smallest absolute Gasteiger partial charge is 0.255 e. The zero-order chi connectivity index (χ0) is 18.6. The SMILES string of the molecule is Cc1nc(Nc2cnccn2)cc([C@H]2CCCN2C(=O)c2cccnc2)n1. The molecule has 1 atom stereocenters. The van der Waals surface area contributed by atoms with Crippen LogP contribution in [0.1, 0.15) is 40.8 Å². The van der Waals surface area contributed by atoms with E-state index >= 15 is 0 Å². The Morgan fingerprint density at radius 3 is 2.81 bits per heavy atom. The van der Waals surface area contributed by atoms with E-state index in [2.05, 4.69) is 30.2 Å². The van der Waals surface area contributed by atoms with E-state index in [9.17, 15) is 4.79 Å². The number of nitrogens with zero attached hydrogens (tertiary/aromatic N) is 6. The minimum Gasteiger partial charge on any atom is -0.330 e. The number of amides is 1. The largest absolute Gasteiger partial charge is 0.330 e. The standard InChI is InChI=1S/C19H19N7O/c1-13-23-15(10-17(24-13)25-18-12-21-7-8-22-18)16-5-3-9-26(16)19(27)14-4-2-6-20-11-14/h2,4,6-8,10-12,16H,3,5,9H2,1H3,(H,22,23,24,25)/t16-/m1/s1. The molecule has 0 aromatic carbocycles. The van der Waals surface area contributed by atoms with Gasteiger partial charge in [0.05, 0.1) is 23.5 Å². The fourth-order valence-electron chi connectivity index (χ4n) is 3.29. The summed E-state index contributed by atoms with van der Waals surface area (Å²) in [4.78, 5) is 36.1. The molecule has 4 rings (SSSR count). The Labute approximate surface area is 156 Å². The van der Waals surface area contributed by atoms with Crippen molar-refractivity contribution in [2.45, 2.75) is 25.8 Å². The highest BCUT2D eigenvalue weighted by molar-refractivity contribution is 5.94. The first-order valence-corrected chi connectivity index (χ1v) is 8.80. The van der Waals surface area contributed by atoms with Gasteiger partial charge < -0.3 is 10.2 Å². The van der Waals surface area contributed by atoms with Crippen molar-refractivity contribution in [2.24, 2.45) is 0 Å². The molecule has 3 aromatic heterocycles. The summed E-state index contributed by atoms with van der Waals surface area (Å²) >= 11 is 0. The molecule has 27 heavy (non-hydrogen) atoms. The van der Waals surface area contributed by atoms with E-state index in [4.69, 9.17) is 0 Å². The monoisotopic (exact) mass is 361 g/mol. The number of carbonyl (C=O) groups excluding carboxylic acids is 1. The highest BCUT2D eigenvalue weighted by atomic mass is 16.2. The number of anilines is 2. The van der Waals surface area contributed by atoms with Gasteiger partial charge in [-0.15, -0.1) is 0 Å². The lowest BCUT2D eigenvalue weighted by molar-refractivity contribution is 0.0732. The van der Waals surface area contributed by atoms with Gasteiger partial charge in [-0.3, -0.25) is 14.8 Å². The molecule has 8 nitrogen and oxygen atoms in total. The zero-order valence-electron chi connectivity index (χ0n) is 14.9. The van der Waals surface area contributed by atoms with Crippen molar-refractivity contribution < 1.29 is 4.79 Å². The average Bonchev–Trinajstić information content (AvgIpc) is 3.18. The maximum Gasteiger partial charge on any atom is 0.255 e. The number of aromatic nitrogens is 5. The van der Waals surface area contributed by atoms with Crippen molar-refractivity contribution in [2.75, 3.05) is 11.9 Å². The number of nitrogens with one attached hydrogen (secondary N) is 1. The van der Waals surface area contributed by atoms with Crippen LogP contribution in [0.25, 0.3) is 0 Å². The van der Waals surface area contributed by atoms with Crippen LogP contribution in [-0.2, 0) is 0 Å². The molecule has 1 N–H and O–H groups in total. The van der Waals surface area contributed by atoms with E-state index in [0.29, 0.717) is 29.6 Å². The molecule has 0 aliphatic carbocycles. The summed E-state index contributed by atoms with van der Waals surface area (Å²) in [5.41, 5.74) is 1.41. The quantitative estimate of drug-likeness (QED) is 0.763. The molecule has 1 amide bonds. The van der Waals surface area contributed by atoms with E-state index in [1.807, 2.05) is 17.9 Å². The summed E-state index contributed by atoms with van der Waals surface area (Å²) in [6.07, 6.45) is 9.93. The van der Waals surface area contributed by atoms with Gasteiger partial charge in [0.2, 0.25) is 0 Å². The minimum atomic E-state index is -0.0817. The average molecular weight is 361 g/mol. The van der Waals surface area contributed by atoms with Gasteiger partial charge in [0, 0.05) is 37.4 Å². The second-order valence-corrected chi connectivity index (χ2v) is 6.34. The molecule has 0 saturated carbocycles. The molecule has 1 aliphatic rings. The van der Waals surface area contributed by atoms with Crippen molar-refractivity contribution in [3.63, 3.8) is 0 Å². The van der Waals surface area contributed by atoms with Crippen LogP contribution in [0, 0.1) is 6.92 Å². The summed E-state index contributed by atoms with van der Waals surface area (Å²) in [5, 5.41) is 3.15. The van der Waals surface area contributed by atoms with Crippen molar-refractivity contribution >= 4 is 17.5 Å². The van der Waals surface area contributed by atoms with Crippen LogP contribution < -0.4 is 5.32 Å². The first-order valence-electron chi connectivity index (χ1n) is 8.80. The van der Waals surface area contributed by atoms with Gasteiger partial charge in [-0.2, -0.15) is 0 Å². The Morgan fingerprint density at radius 2 is 2.04 bits per heavy atom. The molecule has 0 radical (unpaired) electrons. The molecule has 1 saturated heterocycles. The van der Waals surface area contributed by atoms with Crippen molar-refractivity contribution in [1.82, 2.24) is 29.8 Å². The molecular weight excluding hydrogens is 342 g/mol. The maximum atomic E-state index is 12.9. The molecular formula is C19H19N7O. The van der Waals surface area contributed by atoms with Crippen LogP contribution in [0.15, 0.2) is 49.2 Å². The van der Waals surface area contributed by atoms with Gasteiger partial charge in [0.1, 0.15) is 17.5 Å². The first kappa shape index (κ1) is 17.0. The molecule has 136 valence electrons. The zero-order valence-corrected chi connectivity index (χ0v) is 14.9. The Morgan fingerprint density at radius 1 is 1.15 bits per heavy atom. The Hall–Kier alpha value is -3.42.